The summed E-state index contributed by atoms with van der Waals surface area (Å²) in [5, 5.41) is 4.09. The molecular formula is C5H12N4OS. The fourth-order valence-electron chi connectivity index (χ4n) is 0.340. The van der Waals surface area contributed by atoms with Gasteiger partial charge in [-0.3, -0.25) is 10.9 Å². The van der Waals surface area contributed by atoms with Gasteiger partial charge < -0.3 is 4.74 Å². The van der Waals surface area contributed by atoms with Crippen LogP contribution in [0.4, 0.5) is 0 Å². The van der Waals surface area contributed by atoms with Crippen molar-refractivity contribution in [2.75, 3.05) is 13.8 Å². The summed E-state index contributed by atoms with van der Waals surface area (Å²) in [6.45, 7) is 2.18. The van der Waals surface area contributed by atoms with E-state index in [2.05, 4.69) is 21.4 Å². The quantitative estimate of drug-likeness (QED) is 0.178. The van der Waals surface area contributed by atoms with Gasteiger partial charge in [0.05, 0.1) is 0 Å². The van der Waals surface area contributed by atoms with Crippen LogP contribution in [0.2, 0.25) is 0 Å². The molecule has 0 aliphatic heterocycles. The lowest BCUT2D eigenvalue weighted by atomic mass is 10.9. The van der Waals surface area contributed by atoms with E-state index in [9.17, 15) is 0 Å². The van der Waals surface area contributed by atoms with Crippen LogP contribution in [0.3, 0.4) is 0 Å². The Bertz CT molecular complexity index is 138. The average molecular weight is 176 g/mol. The zero-order valence-electron chi connectivity index (χ0n) is 6.55. The summed E-state index contributed by atoms with van der Waals surface area (Å²) in [7, 11) is 1.58. The number of thiocarbonyl (C=S) groups is 1. The van der Waals surface area contributed by atoms with Crippen LogP contribution in [0.25, 0.3) is 0 Å². The molecule has 0 rings (SSSR count). The van der Waals surface area contributed by atoms with Crippen molar-refractivity contribution in [2.45, 2.75) is 6.92 Å². The molecule has 0 saturated heterocycles. The Labute approximate surface area is 71.2 Å². The molecule has 0 aromatic heterocycles. The van der Waals surface area contributed by atoms with Gasteiger partial charge >= 0.3 is 0 Å². The fourth-order valence-corrected chi connectivity index (χ4v) is 0.465. The normalized spacial score (nSPS) is 10.0. The maximum Gasteiger partial charge on any atom is 0.201 e. The molecular weight excluding hydrogens is 164 g/mol. The van der Waals surface area contributed by atoms with Gasteiger partial charge in [0, 0.05) is 13.3 Å². The third-order valence-electron chi connectivity index (χ3n) is 0.714. The molecule has 0 aromatic rings. The Hall–Kier alpha value is -0.720. The Morgan fingerprint density at radius 3 is 3.00 bits per heavy atom. The van der Waals surface area contributed by atoms with E-state index >= 15 is 0 Å². The van der Waals surface area contributed by atoms with Crippen LogP contribution in [-0.4, -0.2) is 25.2 Å². The van der Waals surface area contributed by atoms with Crippen molar-refractivity contribution in [1.82, 2.24) is 16.3 Å². The Morgan fingerprint density at radius 2 is 2.45 bits per heavy atom. The number of hydrogen-bond donors (Lipinski definition) is 3. The highest BCUT2D eigenvalue weighted by atomic mass is 32.1. The zero-order valence-corrected chi connectivity index (χ0v) is 7.36. The molecule has 64 valence electrons. The summed E-state index contributed by atoms with van der Waals surface area (Å²) in [6.07, 6.45) is 1.60. The minimum absolute atomic E-state index is 0.387. The smallest absolute Gasteiger partial charge is 0.201 e. The Kier molecular flexibility index (Phi) is 6.90. The largest absolute Gasteiger partial charge is 0.368 e. The fraction of sp³-hybridized carbons (Fsp3) is 0.600. The molecule has 0 saturated carbocycles. The van der Waals surface area contributed by atoms with Crippen molar-refractivity contribution >= 4 is 23.5 Å². The monoisotopic (exact) mass is 176 g/mol. The number of rotatable bonds is 4. The lowest BCUT2D eigenvalue weighted by molar-refractivity contribution is 0.169. The topological polar surface area (TPSA) is 57.7 Å². The van der Waals surface area contributed by atoms with Gasteiger partial charge in [0.1, 0.15) is 6.73 Å². The number of nitrogens with one attached hydrogen (secondary N) is 3. The summed E-state index contributed by atoms with van der Waals surface area (Å²) in [5.41, 5.74) is 7.91. The molecule has 0 heterocycles. The van der Waals surface area contributed by atoms with Crippen LogP contribution < -0.4 is 16.3 Å². The second-order valence-electron chi connectivity index (χ2n) is 1.56. The van der Waals surface area contributed by atoms with Crippen molar-refractivity contribution in [2.24, 2.45) is 5.10 Å². The average Bonchev–Trinajstić information content (AvgIpc) is 2.01. The molecule has 0 atom stereocenters. The number of ether oxygens (including phenoxy) is 1. The number of nitrogens with zero attached hydrogens (tertiary/aromatic N) is 1. The summed E-state index contributed by atoms with van der Waals surface area (Å²) in [6, 6.07) is 0. The van der Waals surface area contributed by atoms with E-state index in [1.54, 1.807) is 20.2 Å². The van der Waals surface area contributed by atoms with Gasteiger partial charge in [-0.15, -0.1) is 0 Å². The summed E-state index contributed by atoms with van der Waals surface area (Å²) < 4.78 is 4.70. The maximum atomic E-state index is 4.78. The first kappa shape index (κ1) is 10.3. The van der Waals surface area contributed by atoms with Crippen LogP contribution in [0.1, 0.15) is 6.92 Å². The standard InChI is InChI=1S/C5H12N4OS/c1-3-6-8-5(11)9-7-4-10-2/h3,7H,4H2,1-2H3,(H2,8,9,11). The Morgan fingerprint density at radius 1 is 1.73 bits per heavy atom. The molecule has 0 aliphatic carbocycles. The maximum absolute atomic E-state index is 4.78. The van der Waals surface area contributed by atoms with Gasteiger partial charge in [-0.05, 0) is 19.1 Å². The molecule has 0 unspecified atom stereocenters. The lowest BCUT2D eigenvalue weighted by Crippen LogP contribution is -2.42. The van der Waals surface area contributed by atoms with Crippen molar-refractivity contribution in [3.8, 4) is 0 Å². The van der Waals surface area contributed by atoms with Crippen molar-refractivity contribution in [3.63, 3.8) is 0 Å². The molecule has 0 bridgehead atoms. The number of methoxy groups -OCH3 is 1. The number of hydrazone groups is 1. The predicted octanol–water partition coefficient (Wildman–Crippen LogP) is -0.435. The molecule has 6 heteroatoms. The molecule has 0 spiro atoms. The molecule has 0 aliphatic rings. The number of hydrogen-bond acceptors (Lipinski definition) is 4. The van der Waals surface area contributed by atoms with Gasteiger partial charge in [0.15, 0.2) is 0 Å². The van der Waals surface area contributed by atoms with Gasteiger partial charge in [-0.25, -0.2) is 5.43 Å². The molecule has 5 nitrogen and oxygen atoms in total. The molecule has 3 N–H and O–H groups in total. The summed E-state index contributed by atoms with van der Waals surface area (Å²) in [4.78, 5) is 0. The summed E-state index contributed by atoms with van der Waals surface area (Å²) in [5.74, 6) is 0. The minimum Gasteiger partial charge on any atom is -0.368 e. The van der Waals surface area contributed by atoms with E-state index in [1.807, 2.05) is 0 Å². The van der Waals surface area contributed by atoms with Crippen LogP contribution >= 0.6 is 12.2 Å². The second kappa shape index (κ2) is 7.39. The van der Waals surface area contributed by atoms with Crippen LogP contribution in [0.15, 0.2) is 5.10 Å². The molecule has 0 fully saturated rings. The van der Waals surface area contributed by atoms with E-state index in [1.165, 1.54) is 0 Å². The van der Waals surface area contributed by atoms with Gasteiger partial charge in [-0.2, -0.15) is 5.10 Å². The third-order valence-corrected chi connectivity index (χ3v) is 0.907. The first-order valence-corrected chi connectivity index (χ1v) is 3.47. The first-order chi connectivity index (χ1) is 5.31. The number of hydrazine groups is 1. The predicted molar refractivity (Wildman–Crippen MR) is 48.0 cm³/mol. The third kappa shape index (κ3) is 7.17. The van der Waals surface area contributed by atoms with E-state index in [0.717, 1.165) is 0 Å². The van der Waals surface area contributed by atoms with E-state index in [-0.39, 0.29) is 0 Å². The van der Waals surface area contributed by atoms with Crippen LogP contribution in [0, 0.1) is 0 Å². The van der Waals surface area contributed by atoms with Gasteiger partial charge in [-0.1, -0.05) is 0 Å². The van der Waals surface area contributed by atoms with Crippen molar-refractivity contribution in [1.29, 1.82) is 0 Å². The molecule has 0 amide bonds. The summed E-state index contributed by atoms with van der Waals surface area (Å²) >= 11 is 4.78. The first-order valence-electron chi connectivity index (χ1n) is 3.06. The van der Waals surface area contributed by atoms with E-state index in [4.69, 9.17) is 17.0 Å². The zero-order chi connectivity index (χ0) is 8.53. The van der Waals surface area contributed by atoms with Crippen LogP contribution in [0.5, 0.6) is 0 Å². The Balaban J connectivity index is 3.23. The second-order valence-corrected chi connectivity index (χ2v) is 1.97. The lowest BCUT2D eigenvalue weighted by Gasteiger charge is -2.06. The highest BCUT2D eigenvalue weighted by Crippen LogP contribution is 1.63. The molecule has 11 heavy (non-hydrogen) atoms. The minimum atomic E-state index is 0.387. The highest BCUT2D eigenvalue weighted by Gasteiger charge is 1.87. The van der Waals surface area contributed by atoms with Crippen molar-refractivity contribution < 1.29 is 4.74 Å². The van der Waals surface area contributed by atoms with E-state index < -0.39 is 0 Å². The molecule has 0 radical (unpaired) electrons. The van der Waals surface area contributed by atoms with Gasteiger partial charge in [0.2, 0.25) is 5.11 Å². The molecule has 0 aromatic carbocycles. The van der Waals surface area contributed by atoms with Crippen molar-refractivity contribution in [3.05, 3.63) is 0 Å². The SMILES string of the molecule is CC=NNC(=S)NNCOC. The van der Waals surface area contributed by atoms with E-state index in [0.29, 0.717) is 11.8 Å². The van der Waals surface area contributed by atoms with Gasteiger partial charge in [0.25, 0.3) is 0 Å². The highest BCUT2D eigenvalue weighted by molar-refractivity contribution is 7.80. The van der Waals surface area contributed by atoms with Crippen LogP contribution in [-0.2, 0) is 4.74 Å².